The Labute approximate surface area is 273 Å². The lowest BCUT2D eigenvalue weighted by Crippen LogP contribution is -2.61. The summed E-state index contributed by atoms with van der Waals surface area (Å²) in [5, 5.41) is 63.6. The van der Waals surface area contributed by atoms with Crippen molar-refractivity contribution in [3.05, 3.63) is 19.5 Å². The maximum Gasteiger partial charge on any atom is 0.249 e. The average molecular weight is 656 g/mol. The molecule has 1 fully saturated rings. The lowest BCUT2D eigenvalue weighted by molar-refractivity contribution is -0.200. The molecular weight excluding hydrogens is 598 g/mol. The number of aliphatic hydroxyl groups excluding tert-OH is 5. The van der Waals surface area contributed by atoms with E-state index in [9.17, 15) is 35.1 Å². The smallest absolute Gasteiger partial charge is 0.249 e. The normalized spacial score (nSPS) is 24.0. The molecule has 2 amide bonds. The Hall–Kier alpha value is -1.77. The van der Waals surface area contributed by atoms with E-state index >= 15 is 0 Å². The van der Waals surface area contributed by atoms with Gasteiger partial charge in [0.2, 0.25) is 11.8 Å². The zero-order valence-electron chi connectivity index (χ0n) is 26.9. The highest BCUT2D eigenvalue weighted by molar-refractivity contribution is 7.99. The van der Waals surface area contributed by atoms with Crippen molar-refractivity contribution in [2.24, 2.45) is 0 Å². The molecule has 1 aromatic heterocycles. The van der Waals surface area contributed by atoms with Crippen LogP contribution < -0.4 is 10.6 Å². The van der Waals surface area contributed by atoms with Gasteiger partial charge in [0.1, 0.15) is 42.6 Å². The summed E-state index contributed by atoms with van der Waals surface area (Å²) in [6.07, 6.45) is 13.5. The molecule has 7 N–H and O–H groups in total. The summed E-state index contributed by atoms with van der Waals surface area (Å²) in [6.45, 7) is 5.94. The van der Waals surface area contributed by atoms with Crippen LogP contribution in [0.5, 0.6) is 0 Å². The van der Waals surface area contributed by atoms with Crippen LogP contribution in [0.2, 0.25) is 0 Å². The van der Waals surface area contributed by atoms with E-state index in [1.807, 2.05) is 0 Å². The number of carbonyl (C=O) groups excluding carboxylic acids is 2. The number of aliphatic hydroxyl groups is 5. The molecule has 12 nitrogen and oxygen atoms in total. The van der Waals surface area contributed by atoms with Crippen LogP contribution in [0, 0.1) is 13.3 Å². The number of anilines is 1. The van der Waals surface area contributed by atoms with Crippen molar-refractivity contribution in [1.82, 2.24) is 20.3 Å². The number of nitrogens with zero attached hydrogens (tertiary/aromatic N) is 3. The van der Waals surface area contributed by atoms with Crippen LogP contribution in [-0.2, 0) is 9.59 Å². The van der Waals surface area contributed by atoms with Gasteiger partial charge in [0.15, 0.2) is 5.82 Å². The molecule has 1 heterocycles. The lowest BCUT2D eigenvalue weighted by atomic mass is 9.83. The number of thioether (sulfide) groups is 1. The van der Waals surface area contributed by atoms with Gasteiger partial charge in [-0.3, -0.25) is 9.59 Å². The van der Waals surface area contributed by atoms with E-state index in [0.717, 1.165) is 23.9 Å². The SMILES string of the molecule is [CH2][CH]CSC[C@@H](NC(=O)CCCCCCCCCCCCCCCCC)C(=O)Nc1cn([C@@H]2[C@H](O)[C@H](O)[C@@H](O)[C@H](O)[C@H]2O)nn1. The van der Waals surface area contributed by atoms with Crippen molar-refractivity contribution in [3.8, 4) is 0 Å². The second kappa shape index (κ2) is 22.7. The summed E-state index contributed by atoms with van der Waals surface area (Å²) in [4.78, 5) is 25.7. The standard InChI is InChI=1S/C32H57N5O7S/c1-3-5-6-7-8-9-10-11-12-13-14-15-16-17-18-19-25(38)33-23(22-45-20-4-2)32(44)34-24-21-37(36-35-24)26-27(39)29(41)31(43)30(42)28(26)40/h4,21,23,26-31,39-43H,2-3,5-20,22H2,1H3,(H,33,38)(H,34,44)/t23-,26-,27+,28+,29+,30-,31-/m1/s1. The summed E-state index contributed by atoms with van der Waals surface area (Å²) < 4.78 is 1.01. The van der Waals surface area contributed by atoms with Crippen molar-refractivity contribution < 1.29 is 35.1 Å². The van der Waals surface area contributed by atoms with Gasteiger partial charge in [0.25, 0.3) is 0 Å². The van der Waals surface area contributed by atoms with Crippen LogP contribution in [0.25, 0.3) is 0 Å². The number of hydrogen-bond acceptors (Lipinski definition) is 10. The quantitative estimate of drug-likeness (QED) is 0.0815. The first-order chi connectivity index (χ1) is 21.7. The van der Waals surface area contributed by atoms with Crippen molar-refractivity contribution in [3.63, 3.8) is 0 Å². The van der Waals surface area contributed by atoms with Gasteiger partial charge in [-0.15, -0.1) is 5.10 Å². The first-order valence-electron chi connectivity index (χ1n) is 16.8. The highest BCUT2D eigenvalue weighted by Crippen LogP contribution is 2.30. The fourth-order valence-corrected chi connectivity index (χ4v) is 6.37. The van der Waals surface area contributed by atoms with Crippen molar-refractivity contribution in [2.75, 3.05) is 16.8 Å². The minimum absolute atomic E-state index is 0.00937. The fraction of sp³-hybridized carbons (Fsp3) is 0.812. The average Bonchev–Trinajstić information content (AvgIpc) is 3.48. The third-order valence-electron chi connectivity index (χ3n) is 8.35. The Bertz CT molecular complexity index is 939. The summed E-state index contributed by atoms with van der Waals surface area (Å²) in [6, 6.07) is -2.15. The zero-order valence-corrected chi connectivity index (χ0v) is 27.8. The van der Waals surface area contributed by atoms with Gasteiger partial charge in [-0.1, -0.05) is 102 Å². The van der Waals surface area contributed by atoms with Crippen LogP contribution in [-0.4, -0.2) is 100 Å². The van der Waals surface area contributed by atoms with Crippen molar-refractivity contribution in [1.29, 1.82) is 0 Å². The van der Waals surface area contributed by atoms with E-state index in [0.29, 0.717) is 17.9 Å². The number of rotatable bonds is 24. The van der Waals surface area contributed by atoms with Gasteiger partial charge in [-0.25, -0.2) is 4.68 Å². The van der Waals surface area contributed by atoms with Crippen molar-refractivity contribution >= 4 is 29.4 Å². The third-order valence-corrected chi connectivity index (χ3v) is 9.39. The molecule has 7 atom stereocenters. The molecular formula is C32H57N5O7S. The Morgan fingerprint density at radius 2 is 1.33 bits per heavy atom. The third kappa shape index (κ3) is 14.3. The maximum atomic E-state index is 13.1. The minimum Gasteiger partial charge on any atom is -0.388 e. The highest BCUT2D eigenvalue weighted by Gasteiger charge is 2.49. The number of aromatic nitrogens is 3. The topological polar surface area (TPSA) is 190 Å². The number of unbranched alkanes of at least 4 members (excludes halogenated alkanes) is 14. The number of carbonyl (C=O) groups is 2. The number of nitrogens with one attached hydrogen (secondary N) is 2. The molecule has 0 unspecified atom stereocenters. The van der Waals surface area contributed by atoms with E-state index in [1.54, 1.807) is 6.42 Å². The summed E-state index contributed by atoms with van der Waals surface area (Å²) in [5.41, 5.74) is 0. The monoisotopic (exact) mass is 655 g/mol. The minimum atomic E-state index is -1.74. The Morgan fingerprint density at radius 1 is 0.844 bits per heavy atom. The molecule has 258 valence electrons. The summed E-state index contributed by atoms with van der Waals surface area (Å²) >= 11 is 1.44. The van der Waals surface area contributed by atoms with Crippen LogP contribution >= 0.6 is 11.8 Å². The predicted octanol–water partition coefficient (Wildman–Crippen LogP) is 3.09. The number of hydrogen-bond donors (Lipinski definition) is 7. The largest absolute Gasteiger partial charge is 0.388 e. The molecule has 0 saturated heterocycles. The Balaban J connectivity index is 1.70. The van der Waals surface area contributed by atoms with E-state index in [2.05, 4.69) is 34.8 Å². The van der Waals surface area contributed by atoms with Crippen LogP contribution in [0.4, 0.5) is 5.82 Å². The summed E-state index contributed by atoms with van der Waals surface area (Å²) in [5.74, 6) is 0.187. The van der Waals surface area contributed by atoms with Crippen molar-refractivity contribution in [2.45, 2.75) is 152 Å². The van der Waals surface area contributed by atoms with Gasteiger partial charge in [0, 0.05) is 12.2 Å². The van der Waals surface area contributed by atoms with Crippen LogP contribution in [0.3, 0.4) is 0 Å². The Kier molecular flexibility index (Phi) is 19.9. The molecule has 1 aromatic rings. The van der Waals surface area contributed by atoms with Crippen LogP contribution in [0.1, 0.15) is 116 Å². The highest BCUT2D eigenvalue weighted by atomic mass is 32.2. The second-order valence-electron chi connectivity index (χ2n) is 12.2. The maximum absolute atomic E-state index is 13.1. The molecule has 1 aliphatic rings. The zero-order chi connectivity index (χ0) is 33.0. The van der Waals surface area contributed by atoms with Gasteiger partial charge in [-0.05, 0) is 25.5 Å². The molecule has 1 aliphatic carbocycles. The Morgan fingerprint density at radius 3 is 1.84 bits per heavy atom. The second-order valence-corrected chi connectivity index (χ2v) is 13.2. The molecule has 0 bridgehead atoms. The van der Waals surface area contributed by atoms with Crippen LogP contribution in [0.15, 0.2) is 6.20 Å². The van der Waals surface area contributed by atoms with Gasteiger partial charge in [-0.2, -0.15) is 11.8 Å². The number of amides is 2. The molecule has 13 heteroatoms. The van der Waals surface area contributed by atoms with E-state index < -0.39 is 48.5 Å². The molecule has 1 saturated carbocycles. The fourth-order valence-electron chi connectivity index (χ4n) is 5.59. The van der Waals surface area contributed by atoms with E-state index in [-0.39, 0.29) is 11.7 Å². The predicted molar refractivity (Wildman–Crippen MR) is 176 cm³/mol. The van der Waals surface area contributed by atoms with E-state index in [4.69, 9.17) is 0 Å². The molecule has 0 spiro atoms. The van der Waals surface area contributed by atoms with Gasteiger partial charge in [0.05, 0.1) is 6.20 Å². The lowest BCUT2D eigenvalue weighted by Gasteiger charge is -2.41. The molecule has 0 aromatic carbocycles. The molecule has 45 heavy (non-hydrogen) atoms. The van der Waals surface area contributed by atoms with Gasteiger partial charge < -0.3 is 36.2 Å². The van der Waals surface area contributed by atoms with E-state index in [1.165, 1.54) is 95.0 Å². The first-order valence-corrected chi connectivity index (χ1v) is 18.0. The molecule has 0 aliphatic heterocycles. The van der Waals surface area contributed by atoms with Gasteiger partial charge >= 0.3 is 0 Å². The first kappa shape index (κ1) is 39.4. The summed E-state index contributed by atoms with van der Waals surface area (Å²) in [7, 11) is 0. The molecule has 2 rings (SSSR count). The molecule has 2 radical (unpaired) electrons.